The lowest BCUT2D eigenvalue weighted by atomic mass is 10.2. The van der Waals surface area contributed by atoms with Gasteiger partial charge in [-0.05, 0) is 30.8 Å². The molecule has 2 rings (SSSR count). The number of nitrogens with one attached hydrogen (secondary N) is 2. The Balaban J connectivity index is 2.06. The first-order valence-corrected chi connectivity index (χ1v) is 9.08. The maximum atomic E-state index is 12.2. The van der Waals surface area contributed by atoms with Gasteiger partial charge in [0.1, 0.15) is 0 Å². The lowest BCUT2D eigenvalue weighted by molar-refractivity contribution is 0.581. The highest BCUT2D eigenvalue weighted by Crippen LogP contribution is 2.20. The molecule has 21 heavy (non-hydrogen) atoms. The molecule has 114 valence electrons. The van der Waals surface area contributed by atoms with E-state index in [-0.39, 0.29) is 4.90 Å². The number of benzene rings is 1. The zero-order chi connectivity index (χ0) is 15.3. The highest BCUT2D eigenvalue weighted by atomic mass is 35.5. The van der Waals surface area contributed by atoms with Crippen molar-refractivity contribution in [2.45, 2.75) is 17.9 Å². The van der Waals surface area contributed by atoms with Gasteiger partial charge in [-0.1, -0.05) is 11.6 Å². The van der Waals surface area contributed by atoms with Gasteiger partial charge in [-0.25, -0.2) is 18.1 Å². The van der Waals surface area contributed by atoms with Crippen molar-refractivity contribution in [1.29, 1.82) is 0 Å². The molecule has 1 aromatic carbocycles. The summed E-state index contributed by atoms with van der Waals surface area (Å²) in [4.78, 5) is 4.34. The summed E-state index contributed by atoms with van der Waals surface area (Å²) in [6, 6.07) is 4.70. The van der Waals surface area contributed by atoms with Crippen molar-refractivity contribution in [2.24, 2.45) is 0 Å². The van der Waals surface area contributed by atoms with Gasteiger partial charge in [0.2, 0.25) is 10.0 Å². The number of halogens is 1. The van der Waals surface area contributed by atoms with Crippen LogP contribution in [0.4, 0.5) is 0 Å². The van der Waals surface area contributed by atoms with Crippen LogP contribution in [0.15, 0.2) is 34.7 Å². The van der Waals surface area contributed by atoms with Gasteiger partial charge < -0.3 is 5.32 Å². The fourth-order valence-corrected chi connectivity index (χ4v) is 3.68. The van der Waals surface area contributed by atoms with E-state index in [0.717, 1.165) is 10.6 Å². The summed E-state index contributed by atoms with van der Waals surface area (Å²) in [6.45, 7) is 0.834. The normalized spacial score (nSPS) is 11.7. The van der Waals surface area contributed by atoms with Crippen molar-refractivity contribution < 1.29 is 8.42 Å². The van der Waals surface area contributed by atoms with E-state index in [9.17, 15) is 8.42 Å². The first kappa shape index (κ1) is 16.4. The minimum atomic E-state index is -3.53. The summed E-state index contributed by atoms with van der Waals surface area (Å²) in [7, 11) is -1.75. The predicted octanol–water partition coefficient (Wildman–Crippen LogP) is 2.04. The minimum absolute atomic E-state index is 0.219. The standard InChI is InChI=1S/C13H16ClN3O2S2/c1-15-9-10-8-11(2-3-12(10)14)21(18,19)17-5-4-13-16-6-7-20-13/h2-3,6-8,15,17H,4-5,9H2,1H3. The quantitative estimate of drug-likeness (QED) is 0.805. The summed E-state index contributed by atoms with van der Waals surface area (Å²) < 4.78 is 27.1. The van der Waals surface area contributed by atoms with Crippen LogP contribution in [-0.2, 0) is 23.0 Å². The molecule has 0 bridgehead atoms. The SMILES string of the molecule is CNCc1cc(S(=O)(=O)NCCc2nccs2)ccc1Cl. The topological polar surface area (TPSA) is 71.1 Å². The molecule has 0 amide bonds. The molecule has 0 unspecified atom stereocenters. The van der Waals surface area contributed by atoms with Crippen molar-refractivity contribution in [2.75, 3.05) is 13.6 Å². The number of sulfonamides is 1. The second-order valence-electron chi connectivity index (χ2n) is 4.36. The van der Waals surface area contributed by atoms with Crippen LogP contribution in [0.5, 0.6) is 0 Å². The van der Waals surface area contributed by atoms with E-state index < -0.39 is 10.0 Å². The Kier molecular flexibility index (Phi) is 5.72. The van der Waals surface area contributed by atoms with Crippen molar-refractivity contribution in [3.05, 3.63) is 45.4 Å². The predicted molar refractivity (Wildman–Crippen MR) is 85.2 cm³/mol. The summed E-state index contributed by atoms with van der Waals surface area (Å²) in [5.74, 6) is 0. The molecule has 0 spiro atoms. The molecule has 1 heterocycles. The summed E-state index contributed by atoms with van der Waals surface area (Å²) >= 11 is 7.54. The second kappa shape index (κ2) is 7.33. The molecule has 2 N–H and O–H groups in total. The molecule has 5 nitrogen and oxygen atoms in total. The molecule has 0 saturated heterocycles. The Bertz CT molecular complexity index is 687. The molecule has 0 saturated carbocycles. The molecule has 2 aromatic rings. The first-order chi connectivity index (χ1) is 10.0. The molecular weight excluding hydrogens is 330 g/mol. The van der Waals surface area contributed by atoms with E-state index in [2.05, 4.69) is 15.0 Å². The highest BCUT2D eigenvalue weighted by molar-refractivity contribution is 7.89. The van der Waals surface area contributed by atoms with Crippen molar-refractivity contribution >= 4 is 33.0 Å². The van der Waals surface area contributed by atoms with Gasteiger partial charge in [0, 0.05) is 36.1 Å². The Morgan fingerprint density at radius 1 is 1.38 bits per heavy atom. The maximum Gasteiger partial charge on any atom is 0.240 e. The number of hydrogen-bond acceptors (Lipinski definition) is 5. The Labute approximate surface area is 133 Å². The van der Waals surface area contributed by atoms with Gasteiger partial charge in [0.15, 0.2) is 0 Å². The second-order valence-corrected chi connectivity index (χ2v) is 7.51. The minimum Gasteiger partial charge on any atom is -0.316 e. The average Bonchev–Trinajstić information content (AvgIpc) is 2.94. The number of aromatic nitrogens is 1. The van der Waals surface area contributed by atoms with E-state index in [0.29, 0.717) is 24.5 Å². The lowest BCUT2D eigenvalue weighted by Crippen LogP contribution is -2.26. The zero-order valence-electron chi connectivity index (χ0n) is 11.5. The monoisotopic (exact) mass is 345 g/mol. The van der Waals surface area contributed by atoms with E-state index in [1.165, 1.54) is 17.4 Å². The molecule has 8 heteroatoms. The van der Waals surface area contributed by atoms with E-state index in [1.54, 1.807) is 25.4 Å². The third-order valence-corrected chi connectivity index (χ3v) is 5.48. The van der Waals surface area contributed by atoms with Crippen LogP contribution in [0.1, 0.15) is 10.6 Å². The van der Waals surface area contributed by atoms with Gasteiger partial charge in [0.25, 0.3) is 0 Å². The van der Waals surface area contributed by atoms with Gasteiger partial charge in [-0.3, -0.25) is 0 Å². The number of rotatable bonds is 7. The molecule has 0 aliphatic rings. The summed E-state index contributed by atoms with van der Waals surface area (Å²) in [5, 5.41) is 6.28. The Hall–Kier alpha value is -0.990. The van der Waals surface area contributed by atoms with Crippen LogP contribution >= 0.6 is 22.9 Å². The van der Waals surface area contributed by atoms with Gasteiger partial charge in [-0.15, -0.1) is 11.3 Å². The molecular formula is C13H16ClN3O2S2. The lowest BCUT2D eigenvalue weighted by Gasteiger charge is -2.09. The third kappa shape index (κ3) is 4.49. The molecule has 0 aliphatic carbocycles. The zero-order valence-corrected chi connectivity index (χ0v) is 13.9. The van der Waals surface area contributed by atoms with Crippen molar-refractivity contribution in [3.63, 3.8) is 0 Å². The third-order valence-electron chi connectivity index (χ3n) is 2.81. The fraction of sp³-hybridized carbons (Fsp3) is 0.308. The number of thiazole rings is 1. The van der Waals surface area contributed by atoms with Gasteiger partial charge in [-0.2, -0.15) is 0 Å². The maximum absolute atomic E-state index is 12.2. The van der Waals surface area contributed by atoms with Crippen molar-refractivity contribution in [1.82, 2.24) is 15.0 Å². The van der Waals surface area contributed by atoms with Crippen LogP contribution < -0.4 is 10.0 Å². The molecule has 0 radical (unpaired) electrons. The van der Waals surface area contributed by atoms with Crippen LogP contribution in [0.25, 0.3) is 0 Å². The van der Waals surface area contributed by atoms with E-state index >= 15 is 0 Å². The van der Waals surface area contributed by atoms with Crippen molar-refractivity contribution in [3.8, 4) is 0 Å². The largest absolute Gasteiger partial charge is 0.316 e. The van der Waals surface area contributed by atoms with E-state index in [4.69, 9.17) is 11.6 Å². The molecule has 0 atom stereocenters. The number of nitrogens with zero attached hydrogens (tertiary/aromatic N) is 1. The van der Waals surface area contributed by atoms with Crippen LogP contribution in [0.2, 0.25) is 5.02 Å². The van der Waals surface area contributed by atoms with Crippen LogP contribution in [0, 0.1) is 0 Å². The molecule has 1 aromatic heterocycles. The summed E-state index contributed by atoms with van der Waals surface area (Å²) in [5.41, 5.74) is 0.752. The van der Waals surface area contributed by atoms with Crippen LogP contribution in [-0.4, -0.2) is 27.0 Å². The average molecular weight is 346 g/mol. The van der Waals surface area contributed by atoms with Gasteiger partial charge >= 0.3 is 0 Å². The Morgan fingerprint density at radius 3 is 2.86 bits per heavy atom. The smallest absolute Gasteiger partial charge is 0.240 e. The number of hydrogen-bond donors (Lipinski definition) is 2. The Morgan fingerprint density at radius 2 is 2.19 bits per heavy atom. The van der Waals surface area contributed by atoms with Gasteiger partial charge in [0.05, 0.1) is 9.90 Å². The van der Waals surface area contributed by atoms with E-state index in [1.807, 2.05) is 5.38 Å². The first-order valence-electron chi connectivity index (χ1n) is 6.34. The van der Waals surface area contributed by atoms with Crippen LogP contribution in [0.3, 0.4) is 0 Å². The molecule has 0 fully saturated rings. The summed E-state index contributed by atoms with van der Waals surface area (Å²) in [6.07, 6.45) is 2.28. The fourth-order valence-electron chi connectivity index (χ4n) is 1.80. The highest BCUT2D eigenvalue weighted by Gasteiger charge is 2.15. The molecule has 0 aliphatic heterocycles.